The van der Waals surface area contributed by atoms with Crippen LogP contribution in [0.2, 0.25) is 0 Å². The molecule has 2 aromatic rings. The second-order valence-electron chi connectivity index (χ2n) is 5.11. The molecule has 3 rings (SSSR count). The van der Waals surface area contributed by atoms with Gasteiger partial charge >= 0.3 is 0 Å². The van der Waals surface area contributed by atoms with Gasteiger partial charge < -0.3 is 10.3 Å². The van der Waals surface area contributed by atoms with E-state index in [0.29, 0.717) is 6.54 Å². The van der Waals surface area contributed by atoms with Gasteiger partial charge in [0.2, 0.25) is 0 Å². The highest BCUT2D eigenvalue weighted by Crippen LogP contribution is 2.30. The van der Waals surface area contributed by atoms with E-state index < -0.39 is 0 Å². The zero-order chi connectivity index (χ0) is 13.9. The average molecular weight is 287 g/mol. The van der Waals surface area contributed by atoms with Crippen molar-refractivity contribution in [3.8, 4) is 5.69 Å². The van der Waals surface area contributed by atoms with E-state index in [2.05, 4.69) is 34.7 Å². The lowest BCUT2D eigenvalue weighted by molar-refractivity contribution is 0.655. The maximum atomic E-state index is 6.02. The zero-order valence-corrected chi connectivity index (χ0v) is 12.7. The lowest BCUT2D eigenvalue weighted by atomic mass is 10.0. The molecule has 0 radical (unpaired) electrons. The fourth-order valence-corrected chi connectivity index (χ4v) is 3.80. The van der Waals surface area contributed by atoms with Crippen LogP contribution in [0, 0.1) is 0 Å². The Bertz CT molecular complexity index is 604. The highest BCUT2D eigenvalue weighted by atomic mass is 32.2. The van der Waals surface area contributed by atoms with E-state index in [-0.39, 0.29) is 0 Å². The molecule has 106 valence electrons. The molecule has 1 aliphatic carbocycles. The molecule has 0 spiro atoms. The van der Waals surface area contributed by atoms with E-state index in [4.69, 9.17) is 5.73 Å². The Labute approximate surface area is 124 Å². The van der Waals surface area contributed by atoms with Crippen LogP contribution in [0.4, 0.5) is 0 Å². The summed E-state index contributed by atoms with van der Waals surface area (Å²) in [6.07, 6.45) is 6.75. The van der Waals surface area contributed by atoms with Crippen molar-refractivity contribution in [3.05, 3.63) is 41.5 Å². The van der Waals surface area contributed by atoms with Crippen molar-refractivity contribution < 1.29 is 0 Å². The first-order valence-electron chi connectivity index (χ1n) is 7.35. The van der Waals surface area contributed by atoms with Gasteiger partial charge in [-0.15, -0.1) is 11.8 Å². The molecule has 1 aromatic heterocycles. The Morgan fingerprint density at radius 2 is 2.15 bits per heavy atom. The Hall–Kier alpha value is -1.26. The third-order valence-electron chi connectivity index (χ3n) is 3.90. The summed E-state index contributed by atoms with van der Waals surface area (Å²) < 4.78 is 2.26. The number of aromatic nitrogens is 2. The summed E-state index contributed by atoms with van der Waals surface area (Å²) in [6.45, 7) is 2.75. The molecule has 3 nitrogen and oxygen atoms in total. The van der Waals surface area contributed by atoms with E-state index in [9.17, 15) is 0 Å². The number of nitrogens with zero attached hydrogens (tertiary/aromatic N) is 2. The van der Waals surface area contributed by atoms with Crippen LogP contribution in [0.1, 0.15) is 36.7 Å². The topological polar surface area (TPSA) is 43.8 Å². The summed E-state index contributed by atoms with van der Waals surface area (Å²) in [4.78, 5) is 5.90. The molecule has 0 aliphatic heterocycles. The van der Waals surface area contributed by atoms with E-state index in [1.807, 2.05) is 18.1 Å². The molecule has 1 aromatic carbocycles. The van der Waals surface area contributed by atoms with Crippen molar-refractivity contribution in [2.75, 3.05) is 5.75 Å². The van der Waals surface area contributed by atoms with Gasteiger partial charge in [-0.1, -0.05) is 13.0 Å². The third kappa shape index (κ3) is 2.38. The van der Waals surface area contributed by atoms with E-state index in [0.717, 1.165) is 18.6 Å². The van der Waals surface area contributed by atoms with E-state index >= 15 is 0 Å². The summed E-state index contributed by atoms with van der Waals surface area (Å²) in [5.41, 5.74) is 11.1. The second kappa shape index (κ2) is 6.02. The molecule has 0 unspecified atom stereocenters. The molecule has 0 saturated carbocycles. The summed E-state index contributed by atoms with van der Waals surface area (Å²) in [5.74, 6) is 1.07. The average Bonchev–Trinajstić information content (AvgIpc) is 2.91. The summed E-state index contributed by atoms with van der Waals surface area (Å²) in [7, 11) is 0. The SMILES string of the molecule is CCSc1cccc(-n2cnc3c2CCCC3)c1CN. The largest absolute Gasteiger partial charge is 0.326 e. The number of hydrogen-bond donors (Lipinski definition) is 1. The molecule has 2 N–H and O–H groups in total. The number of hydrogen-bond acceptors (Lipinski definition) is 3. The first-order valence-corrected chi connectivity index (χ1v) is 8.34. The van der Waals surface area contributed by atoms with Crippen LogP contribution in [0.5, 0.6) is 0 Å². The van der Waals surface area contributed by atoms with E-state index in [1.165, 1.54) is 40.4 Å². The van der Waals surface area contributed by atoms with Crippen LogP contribution in [-0.2, 0) is 19.4 Å². The van der Waals surface area contributed by atoms with Gasteiger partial charge in [0.05, 0.1) is 17.7 Å². The first-order chi connectivity index (χ1) is 9.85. The van der Waals surface area contributed by atoms with Gasteiger partial charge in [0, 0.05) is 22.7 Å². The summed E-state index contributed by atoms with van der Waals surface area (Å²) in [6, 6.07) is 6.46. The lowest BCUT2D eigenvalue weighted by Gasteiger charge is -2.18. The van der Waals surface area contributed by atoms with Gasteiger partial charge in [-0.05, 0) is 43.6 Å². The first kappa shape index (κ1) is 13.7. The van der Waals surface area contributed by atoms with Gasteiger partial charge in [-0.25, -0.2) is 4.98 Å². The number of nitrogens with two attached hydrogens (primary N) is 1. The Balaban J connectivity index is 2.10. The van der Waals surface area contributed by atoms with Crippen molar-refractivity contribution in [3.63, 3.8) is 0 Å². The molecular formula is C16H21N3S. The number of thioether (sulfide) groups is 1. The number of rotatable bonds is 4. The van der Waals surface area contributed by atoms with Crippen molar-refractivity contribution in [1.82, 2.24) is 9.55 Å². The fraction of sp³-hybridized carbons (Fsp3) is 0.438. The molecule has 0 amide bonds. The molecule has 20 heavy (non-hydrogen) atoms. The number of benzene rings is 1. The van der Waals surface area contributed by atoms with Crippen molar-refractivity contribution in [2.45, 2.75) is 44.0 Å². The lowest BCUT2D eigenvalue weighted by Crippen LogP contribution is -2.10. The molecular weight excluding hydrogens is 266 g/mol. The van der Waals surface area contributed by atoms with Gasteiger partial charge in [0.15, 0.2) is 0 Å². The Kier molecular flexibility index (Phi) is 4.13. The molecule has 1 heterocycles. The predicted molar refractivity (Wildman–Crippen MR) is 84.5 cm³/mol. The van der Waals surface area contributed by atoms with Crippen LogP contribution in [0.25, 0.3) is 5.69 Å². The van der Waals surface area contributed by atoms with Crippen LogP contribution < -0.4 is 5.73 Å². The molecule has 4 heteroatoms. The maximum Gasteiger partial charge on any atom is 0.0997 e. The monoisotopic (exact) mass is 287 g/mol. The minimum atomic E-state index is 0.575. The van der Waals surface area contributed by atoms with Crippen molar-refractivity contribution in [2.24, 2.45) is 5.73 Å². The molecule has 0 bridgehead atoms. The normalized spacial score (nSPS) is 14.3. The maximum absolute atomic E-state index is 6.02. The highest BCUT2D eigenvalue weighted by molar-refractivity contribution is 7.99. The zero-order valence-electron chi connectivity index (χ0n) is 11.9. The number of imidazole rings is 1. The van der Waals surface area contributed by atoms with Crippen LogP contribution in [-0.4, -0.2) is 15.3 Å². The molecule has 0 atom stereocenters. The second-order valence-corrected chi connectivity index (χ2v) is 6.41. The van der Waals surface area contributed by atoms with Crippen LogP contribution in [0.15, 0.2) is 29.4 Å². The van der Waals surface area contributed by atoms with Gasteiger partial charge in [-0.2, -0.15) is 0 Å². The van der Waals surface area contributed by atoms with Crippen molar-refractivity contribution in [1.29, 1.82) is 0 Å². The minimum absolute atomic E-state index is 0.575. The van der Waals surface area contributed by atoms with Crippen LogP contribution >= 0.6 is 11.8 Å². The number of aryl methyl sites for hydroxylation is 1. The standard InChI is InChI=1S/C16H21N3S/c1-2-20-16-9-5-8-14(12(16)10-17)19-11-18-13-6-3-4-7-15(13)19/h5,8-9,11H,2-4,6-7,10,17H2,1H3. The van der Waals surface area contributed by atoms with Gasteiger partial charge in [-0.3, -0.25) is 0 Å². The summed E-state index contributed by atoms with van der Waals surface area (Å²) in [5, 5.41) is 0. The van der Waals surface area contributed by atoms with E-state index in [1.54, 1.807) is 0 Å². The third-order valence-corrected chi connectivity index (χ3v) is 4.88. The highest BCUT2D eigenvalue weighted by Gasteiger charge is 2.18. The fourth-order valence-electron chi connectivity index (χ4n) is 2.95. The van der Waals surface area contributed by atoms with Crippen molar-refractivity contribution >= 4 is 11.8 Å². The Morgan fingerprint density at radius 1 is 1.30 bits per heavy atom. The van der Waals surface area contributed by atoms with Crippen LogP contribution in [0.3, 0.4) is 0 Å². The Morgan fingerprint density at radius 3 is 2.95 bits per heavy atom. The molecule has 0 fully saturated rings. The summed E-state index contributed by atoms with van der Waals surface area (Å²) >= 11 is 1.86. The molecule has 0 saturated heterocycles. The quantitative estimate of drug-likeness (QED) is 0.877. The minimum Gasteiger partial charge on any atom is -0.326 e. The molecule has 1 aliphatic rings. The predicted octanol–water partition coefficient (Wildman–Crippen LogP) is 3.32. The van der Waals surface area contributed by atoms with Gasteiger partial charge in [0.25, 0.3) is 0 Å². The smallest absolute Gasteiger partial charge is 0.0997 e. The number of fused-ring (bicyclic) bond motifs is 1. The van der Waals surface area contributed by atoms with Gasteiger partial charge in [0.1, 0.15) is 0 Å².